The third-order valence-corrected chi connectivity index (χ3v) is 3.12. The minimum atomic E-state index is 0.788. The van der Waals surface area contributed by atoms with E-state index >= 15 is 0 Å². The second kappa shape index (κ2) is 7.14. The molecule has 0 saturated heterocycles. The van der Waals surface area contributed by atoms with Crippen LogP contribution in [0.1, 0.15) is 12.0 Å². The van der Waals surface area contributed by atoms with E-state index in [1.807, 2.05) is 0 Å². The molecule has 2 aromatic carbocycles. The highest BCUT2D eigenvalue weighted by Gasteiger charge is 1.96. The summed E-state index contributed by atoms with van der Waals surface area (Å²) in [6, 6.07) is 15.3. The summed E-state index contributed by atoms with van der Waals surface area (Å²) in [5.74, 6) is 0. The first kappa shape index (κ1) is 13.1. The molecule has 0 heterocycles. The van der Waals surface area contributed by atoms with Crippen molar-refractivity contribution in [1.82, 2.24) is 5.32 Å². The van der Waals surface area contributed by atoms with Crippen molar-refractivity contribution in [2.24, 2.45) is 0 Å². The number of benzene rings is 2. The average Bonchev–Trinajstić information content (AvgIpc) is 2.42. The van der Waals surface area contributed by atoms with Crippen molar-refractivity contribution < 1.29 is 4.74 Å². The molecule has 0 radical (unpaired) electrons. The summed E-state index contributed by atoms with van der Waals surface area (Å²) in [5, 5.41) is 6.02. The van der Waals surface area contributed by atoms with Gasteiger partial charge in [-0.2, -0.15) is 0 Å². The monoisotopic (exact) mass is 243 g/mol. The fourth-order valence-corrected chi connectivity index (χ4v) is 2.11. The molecule has 0 aromatic heterocycles. The molecule has 0 fully saturated rings. The van der Waals surface area contributed by atoms with Gasteiger partial charge in [-0.25, -0.2) is 0 Å². The Balaban J connectivity index is 1.81. The van der Waals surface area contributed by atoms with E-state index in [4.69, 9.17) is 4.74 Å². The van der Waals surface area contributed by atoms with Gasteiger partial charge >= 0.3 is 0 Å². The molecule has 0 atom stereocenters. The van der Waals surface area contributed by atoms with E-state index in [1.54, 1.807) is 7.11 Å². The lowest BCUT2D eigenvalue weighted by Gasteiger charge is -2.05. The lowest BCUT2D eigenvalue weighted by Crippen LogP contribution is -2.20. The zero-order valence-electron chi connectivity index (χ0n) is 11.0. The SMILES string of the molecule is COCCNCCCc1ccc2ccccc2c1. The Labute approximate surface area is 109 Å². The first-order chi connectivity index (χ1) is 8.90. The molecule has 0 aliphatic rings. The van der Waals surface area contributed by atoms with Crippen LogP contribution in [0.5, 0.6) is 0 Å². The second-order valence-electron chi connectivity index (χ2n) is 4.53. The molecular weight excluding hydrogens is 222 g/mol. The number of nitrogens with one attached hydrogen (secondary N) is 1. The Hall–Kier alpha value is -1.38. The molecule has 0 amide bonds. The third kappa shape index (κ3) is 3.83. The molecule has 2 aromatic rings. The summed E-state index contributed by atoms with van der Waals surface area (Å²) >= 11 is 0. The molecule has 2 rings (SSSR count). The van der Waals surface area contributed by atoms with Gasteiger partial charge in [0.25, 0.3) is 0 Å². The minimum Gasteiger partial charge on any atom is -0.383 e. The third-order valence-electron chi connectivity index (χ3n) is 3.12. The van der Waals surface area contributed by atoms with Gasteiger partial charge in [0.1, 0.15) is 0 Å². The predicted octanol–water partition coefficient (Wildman–Crippen LogP) is 3.01. The fourth-order valence-electron chi connectivity index (χ4n) is 2.11. The highest BCUT2D eigenvalue weighted by atomic mass is 16.5. The summed E-state index contributed by atoms with van der Waals surface area (Å²) in [6.45, 7) is 2.78. The highest BCUT2D eigenvalue weighted by molar-refractivity contribution is 5.82. The van der Waals surface area contributed by atoms with Gasteiger partial charge in [-0.05, 0) is 35.7 Å². The van der Waals surface area contributed by atoms with Crippen LogP contribution in [-0.4, -0.2) is 26.8 Å². The van der Waals surface area contributed by atoms with Crippen LogP contribution in [0.3, 0.4) is 0 Å². The van der Waals surface area contributed by atoms with Gasteiger partial charge in [-0.3, -0.25) is 0 Å². The molecule has 0 bridgehead atoms. The maximum atomic E-state index is 4.99. The van der Waals surface area contributed by atoms with Crippen molar-refractivity contribution in [2.75, 3.05) is 26.8 Å². The van der Waals surface area contributed by atoms with Crippen molar-refractivity contribution >= 4 is 10.8 Å². The van der Waals surface area contributed by atoms with E-state index in [9.17, 15) is 0 Å². The number of ether oxygens (including phenoxy) is 1. The summed E-state index contributed by atoms with van der Waals surface area (Å²) < 4.78 is 4.99. The maximum absolute atomic E-state index is 4.99. The molecule has 0 spiro atoms. The van der Waals surface area contributed by atoms with Crippen LogP contribution in [0.2, 0.25) is 0 Å². The normalized spacial score (nSPS) is 10.9. The van der Waals surface area contributed by atoms with E-state index in [0.29, 0.717) is 0 Å². The van der Waals surface area contributed by atoms with Crippen molar-refractivity contribution in [3.63, 3.8) is 0 Å². The van der Waals surface area contributed by atoms with Crippen LogP contribution in [0.4, 0.5) is 0 Å². The van der Waals surface area contributed by atoms with Gasteiger partial charge in [-0.1, -0.05) is 42.5 Å². The number of aryl methyl sites for hydroxylation is 1. The van der Waals surface area contributed by atoms with Gasteiger partial charge in [0, 0.05) is 13.7 Å². The largest absolute Gasteiger partial charge is 0.383 e. The van der Waals surface area contributed by atoms with Crippen LogP contribution >= 0.6 is 0 Å². The molecule has 1 N–H and O–H groups in total. The molecular formula is C16H21NO. The topological polar surface area (TPSA) is 21.3 Å². The van der Waals surface area contributed by atoms with Gasteiger partial charge in [-0.15, -0.1) is 0 Å². The number of rotatable bonds is 7. The summed E-state index contributed by atoms with van der Waals surface area (Å²) in [5.41, 5.74) is 1.42. The van der Waals surface area contributed by atoms with E-state index in [-0.39, 0.29) is 0 Å². The second-order valence-corrected chi connectivity index (χ2v) is 4.53. The van der Waals surface area contributed by atoms with E-state index in [0.717, 1.165) is 26.1 Å². The van der Waals surface area contributed by atoms with Crippen LogP contribution in [0.25, 0.3) is 10.8 Å². The molecule has 2 heteroatoms. The van der Waals surface area contributed by atoms with E-state index in [2.05, 4.69) is 47.8 Å². The smallest absolute Gasteiger partial charge is 0.0587 e. The Morgan fingerprint density at radius 2 is 1.83 bits per heavy atom. The Morgan fingerprint density at radius 3 is 2.67 bits per heavy atom. The van der Waals surface area contributed by atoms with Gasteiger partial charge < -0.3 is 10.1 Å². The summed E-state index contributed by atoms with van der Waals surface area (Å²) in [6.07, 6.45) is 2.30. The summed E-state index contributed by atoms with van der Waals surface area (Å²) in [4.78, 5) is 0. The number of hydrogen-bond donors (Lipinski definition) is 1. The van der Waals surface area contributed by atoms with Crippen molar-refractivity contribution in [2.45, 2.75) is 12.8 Å². The molecule has 96 valence electrons. The van der Waals surface area contributed by atoms with Crippen molar-refractivity contribution in [1.29, 1.82) is 0 Å². The zero-order chi connectivity index (χ0) is 12.6. The quantitative estimate of drug-likeness (QED) is 0.755. The van der Waals surface area contributed by atoms with E-state index in [1.165, 1.54) is 22.8 Å². The first-order valence-corrected chi connectivity index (χ1v) is 6.57. The Kier molecular flexibility index (Phi) is 5.18. The Bertz CT molecular complexity index is 481. The number of fused-ring (bicyclic) bond motifs is 1. The molecule has 0 unspecified atom stereocenters. The molecule has 2 nitrogen and oxygen atoms in total. The van der Waals surface area contributed by atoms with Gasteiger partial charge in [0.15, 0.2) is 0 Å². The maximum Gasteiger partial charge on any atom is 0.0587 e. The van der Waals surface area contributed by atoms with Crippen LogP contribution < -0.4 is 5.32 Å². The van der Waals surface area contributed by atoms with Gasteiger partial charge in [0.2, 0.25) is 0 Å². The van der Waals surface area contributed by atoms with Crippen molar-refractivity contribution in [3.8, 4) is 0 Å². The van der Waals surface area contributed by atoms with Crippen LogP contribution in [-0.2, 0) is 11.2 Å². The molecule has 0 saturated carbocycles. The first-order valence-electron chi connectivity index (χ1n) is 6.57. The number of hydrogen-bond acceptors (Lipinski definition) is 2. The lowest BCUT2D eigenvalue weighted by molar-refractivity contribution is 0.199. The Morgan fingerprint density at radius 1 is 1.00 bits per heavy atom. The zero-order valence-corrected chi connectivity index (χ0v) is 11.0. The van der Waals surface area contributed by atoms with Gasteiger partial charge in [0.05, 0.1) is 6.61 Å². The minimum absolute atomic E-state index is 0.788. The van der Waals surface area contributed by atoms with Crippen LogP contribution in [0.15, 0.2) is 42.5 Å². The number of methoxy groups -OCH3 is 1. The lowest BCUT2D eigenvalue weighted by atomic mass is 10.0. The molecule has 0 aliphatic carbocycles. The van der Waals surface area contributed by atoms with Crippen LogP contribution in [0, 0.1) is 0 Å². The standard InChI is InChI=1S/C16H21NO/c1-18-12-11-17-10-4-5-14-8-9-15-6-2-3-7-16(15)13-14/h2-3,6-9,13,17H,4-5,10-12H2,1H3. The fraction of sp³-hybridized carbons (Fsp3) is 0.375. The molecule has 18 heavy (non-hydrogen) atoms. The molecule has 0 aliphatic heterocycles. The summed E-state index contributed by atoms with van der Waals surface area (Å²) in [7, 11) is 1.73. The van der Waals surface area contributed by atoms with Crippen molar-refractivity contribution in [3.05, 3.63) is 48.0 Å². The highest BCUT2D eigenvalue weighted by Crippen LogP contribution is 2.16. The van der Waals surface area contributed by atoms with E-state index < -0.39 is 0 Å². The predicted molar refractivity (Wildman–Crippen MR) is 77.0 cm³/mol. The average molecular weight is 243 g/mol.